The second-order valence-corrected chi connectivity index (χ2v) is 25.8. The molecule has 8 bridgehead atoms. The van der Waals surface area contributed by atoms with Crippen molar-refractivity contribution in [1.29, 1.82) is 0 Å². The van der Waals surface area contributed by atoms with E-state index in [1.165, 1.54) is 16.8 Å². The summed E-state index contributed by atoms with van der Waals surface area (Å²) in [4.78, 5) is 9.32. The minimum absolute atomic E-state index is 0.0891. The molecule has 2 aromatic heterocycles. The lowest BCUT2D eigenvalue weighted by molar-refractivity contribution is 0.0184. The fourth-order valence-electron chi connectivity index (χ4n) is 13.6. The Kier molecular flexibility index (Phi) is 8.53. The number of hydrogen-bond donors (Lipinski definition) is 0. The lowest BCUT2D eigenvalue weighted by Crippen LogP contribution is -2.56. The van der Waals surface area contributed by atoms with Gasteiger partial charge in [-0.2, -0.15) is 0 Å². The summed E-state index contributed by atoms with van der Waals surface area (Å²) < 4.78 is 0. The summed E-state index contributed by atoms with van der Waals surface area (Å²) in [6.07, 6.45) is 29.4. The van der Waals surface area contributed by atoms with E-state index in [1.54, 1.807) is 99.3 Å². The highest BCUT2D eigenvalue weighted by Crippen LogP contribution is 2.79. The maximum absolute atomic E-state index is 4.66. The summed E-state index contributed by atoms with van der Waals surface area (Å²) in [6.45, 7) is 14.8. The van der Waals surface area contributed by atoms with E-state index >= 15 is 0 Å². The topological polar surface area (TPSA) is 25.8 Å². The molecule has 266 valence electrons. The second kappa shape index (κ2) is 12.5. The zero-order chi connectivity index (χ0) is 34.5. The normalized spacial score (nSPS) is 34.9. The van der Waals surface area contributed by atoms with Crippen LogP contribution in [0.2, 0.25) is 0 Å². The first-order valence-electron chi connectivity index (χ1n) is 20.4. The Morgan fingerprint density at radius 3 is 1.24 bits per heavy atom. The van der Waals surface area contributed by atoms with Crippen LogP contribution in [-0.4, -0.2) is 20.3 Å². The van der Waals surface area contributed by atoms with Crippen LogP contribution in [0.4, 0.5) is 0 Å². The van der Waals surface area contributed by atoms with Gasteiger partial charge in [0.2, 0.25) is 0 Å². The van der Waals surface area contributed by atoms with E-state index in [0.29, 0.717) is 10.3 Å². The molecule has 8 saturated carbocycles. The molecule has 1 aromatic carbocycles. The molecule has 0 unspecified atom stereocenters. The van der Waals surface area contributed by atoms with E-state index in [4.69, 9.17) is 0 Å². The highest BCUT2D eigenvalue weighted by molar-refractivity contribution is 7.72. The van der Waals surface area contributed by atoms with Crippen molar-refractivity contribution in [1.82, 2.24) is 9.97 Å². The Bertz CT molecular complexity index is 1550. The predicted molar refractivity (Wildman–Crippen MR) is 215 cm³/mol. The monoisotopic (exact) mass is 704 g/mol. The quantitative estimate of drug-likeness (QED) is 0.218. The van der Waals surface area contributed by atoms with E-state index in [-0.39, 0.29) is 18.8 Å². The molecule has 2 heterocycles. The third-order valence-electron chi connectivity index (χ3n) is 14.7. The summed E-state index contributed by atoms with van der Waals surface area (Å²) in [6, 6.07) is 14.5. The molecule has 50 heavy (non-hydrogen) atoms. The van der Waals surface area contributed by atoms with Crippen molar-refractivity contribution < 1.29 is 0 Å². The van der Waals surface area contributed by atoms with Crippen molar-refractivity contribution in [3.05, 3.63) is 83.4 Å². The van der Waals surface area contributed by atoms with Crippen molar-refractivity contribution in [2.45, 2.75) is 152 Å². The molecular weight excluding hydrogens is 642 g/mol. The molecule has 0 N–H and O–H groups in total. The fraction of sp³-hybridized carbons (Fsp3) is 0.652. The molecule has 0 radical (unpaired) electrons. The van der Waals surface area contributed by atoms with Gasteiger partial charge in [-0.3, -0.25) is 9.97 Å². The molecule has 8 aliphatic carbocycles. The fourth-order valence-corrected chi connectivity index (χ4v) is 21.0. The predicted octanol–water partition coefficient (Wildman–Crippen LogP) is 11.6. The number of benzene rings is 1. The van der Waals surface area contributed by atoms with Crippen LogP contribution in [-0.2, 0) is 23.2 Å². The van der Waals surface area contributed by atoms with Crippen LogP contribution in [0.25, 0.3) is 0 Å². The Morgan fingerprint density at radius 2 is 0.920 bits per heavy atom. The molecule has 2 nitrogen and oxygen atoms in total. The van der Waals surface area contributed by atoms with Gasteiger partial charge in [-0.1, -0.05) is 73.7 Å². The first kappa shape index (κ1) is 34.2. The molecule has 0 spiro atoms. The highest BCUT2D eigenvalue weighted by Gasteiger charge is 2.62. The lowest BCUT2D eigenvalue weighted by atomic mass is 9.55. The number of hydrogen-bond acceptors (Lipinski definition) is 2. The standard InChI is InChI=1S/C46H62N2P2/c1-43(2,3)41-19-37(29-49(39-9-7-11-47-27-39)40-10-8-12-48-28-40)38(20-42(41)44(4,5)6)30-50(45-21-31-13-32(22-45)15-33(14-31)23-45)46-24-34-16-35(25-46)18-36(17-34)26-46/h7-12,19-20,27-28,31-36H,13-18,21-26,29-30H2,1-6H3. The number of pyridine rings is 2. The van der Waals surface area contributed by atoms with Crippen molar-refractivity contribution in [2.75, 3.05) is 0 Å². The SMILES string of the molecule is CC(C)(C)c1cc(CP(c2cccnc2)c2cccnc2)c(CP(C23CC4CC(CC(C4)C2)C3)C23CC4CC(CC(C4)C2)C3)cc1C(C)(C)C. The van der Waals surface area contributed by atoms with Gasteiger partial charge in [0.25, 0.3) is 0 Å². The van der Waals surface area contributed by atoms with Gasteiger partial charge >= 0.3 is 0 Å². The van der Waals surface area contributed by atoms with E-state index < -0.39 is 7.92 Å². The van der Waals surface area contributed by atoms with Crippen LogP contribution in [0, 0.1) is 35.5 Å². The Hall–Kier alpha value is -1.62. The van der Waals surface area contributed by atoms with Gasteiger partial charge in [-0.15, -0.1) is 0 Å². The average Bonchev–Trinajstić information content (AvgIpc) is 3.04. The largest absolute Gasteiger partial charge is 0.264 e. The van der Waals surface area contributed by atoms with Gasteiger partial charge in [0, 0.05) is 30.9 Å². The Balaban J connectivity index is 1.21. The van der Waals surface area contributed by atoms with E-state index in [1.807, 2.05) is 12.4 Å². The third-order valence-corrected chi connectivity index (χ3v) is 21.2. The summed E-state index contributed by atoms with van der Waals surface area (Å²) >= 11 is 0. The van der Waals surface area contributed by atoms with Crippen LogP contribution >= 0.6 is 15.8 Å². The van der Waals surface area contributed by atoms with Gasteiger partial charge in [-0.25, -0.2) is 0 Å². The highest BCUT2D eigenvalue weighted by atomic mass is 31.1. The van der Waals surface area contributed by atoms with Crippen LogP contribution < -0.4 is 10.6 Å². The number of nitrogens with zero attached hydrogens (tertiary/aromatic N) is 2. The van der Waals surface area contributed by atoms with Crippen molar-refractivity contribution >= 4 is 26.5 Å². The number of aromatic nitrogens is 2. The first-order chi connectivity index (χ1) is 23.9. The molecule has 3 aromatic rings. The molecule has 0 atom stereocenters. The van der Waals surface area contributed by atoms with E-state index in [9.17, 15) is 0 Å². The van der Waals surface area contributed by atoms with Crippen LogP contribution in [0.1, 0.15) is 141 Å². The van der Waals surface area contributed by atoms with Gasteiger partial charge in [0.1, 0.15) is 0 Å². The minimum Gasteiger partial charge on any atom is -0.264 e. The molecule has 4 heteroatoms. The molecule has 8 aliphatic rings. The molecule has 0 aliphatic heterocycles. The molecule has 0 saturated heterocycles. The van der Waals surface area contributed by atoms with Crippen molar-refractivity contribution in [3.63, 3.8) is 0 Å². The van der Waals surface area contributed by atoms with Crippen LogP contribution in [0.5, 0.6) is 0 Å². The third kappa shape index (κ3) is 6.17. The minimum atomic E-state index is -0.626. The smallest absolute Gasteiger partial charge is 0.0348 e. The first-order valence-corrected chi connectivity index (χ1v) is 23.4. The summed E-state index contributed by atoms with van der Waals surface area (Å²) in [7, 11) is -0.765. The summed E-state index contributed by atoms with van der Waals surface area (Å²) in [5.74, 6) is 6.15. The maximum Gasteiger partial charge on any atom is 0.0348 e. The van der Waals surface area contributed by atoms with Gasteiger partial charge < -0.3 is 0 Å². The number of rotatable bonds is 8. The Morgan fingerprint density at radius 1 is 0.560 bits per heavy atom. The lowest BCUT2D eigenvalue weighted by Gasteiger charge is -2.67. The van der Waals surface area contributed by atoms with E-state index in [0.717, 1.165) is 41.7 Å². The summed E-state index contributed by atoms with van der Waals surface area (Å²) in [5.41, 5.74) is 6.74. The van der Waals surface area contributed by atoms with Crippen molar-refractivity contribution in [2.24, 2.45) is 35.5 Å². The zero-order valence-corrected chi connectivity index (χ0v) is 33.7. The van der Waals surface area contributed by atoms with E-state index in [2.05, 4.69) is 100 Å². The maximum atomic E-state index is 4.66. The summed E-state index contributed by atoms with van der Waals surface area (Å²) in [5, 5.41) is 4.02. The van der Waals surface area contributed by atoms with Gasteiger partial charge in [-0.05, 0) is 193 Å². The molecule has 11 rings (SSSR count). The molecular formula is C46H62N2P2. The molecule has 0 amide bonds. The van der Waals surface area contributed by atoms with Gasteiger partial charge in [0.15, 0.2) is 0 Å². The Labute approximate surface area is 306 Å². The van der Waals surface area contributed by atoms with Crippen molar-refractivity contribution in [3.8, 4) is 0 Å². The zero-order valence-electron chi connectivity index (χ0n) is 31.9. The molecule has 8 fully saturated rings. The van der Waals surface area contributed by atoms with Crippen LogP contribution in [0.3, 0.4) is 0 Å². The van der Waals surface area contributed by atoms with Crippen LogP contribution in [0.15, 0.2) is 61.2 Å². The second-order valence-electron chi connectivity index (χ2n) is 20.5. The van der Waals surface area contributed by atoms with Gasteiger partial charge in [0.05, 0.1) is 0 Å². The average molecular weight is 705 g/mol.